The molecule has 0 aromatic carbocycles. The highest BCUT2D eigenvalue weighted by Gasteiger charge is 2.27. The molecule has 1 aromatic rings. The highest BCUT2D eigenvalue weighted by molar-refractivity contribution is 5.24. The van der Waals surface area contributed by atoms with Crippen molar-refractivity contribution in [2.75, 3.05) is 18.0 Å². The average molecular weight is 281 g/mol. The van der Waals surface area contributed by atoms with Gasteiger partial charge in [-0.3, -0.25) is 0 Å². The molecule has 2 rings (SSSR count). The number of piperidine rings is 1. The van der Waals surface area contributed by atoms with Crippen LogP contribution < -0.4 is 4.90 Å². The molecule has 0 bridgehead atoms. The fourth-order valence-corrected chi connectivity index (χ4v) is 2.84. The van der Waals surface area contributed by atoms with E-state index in [-0.39, 0.29) is 6.10 Å². The number of aromatic nitrogens is 2. The van der Waals surface area contributed by atoms with Crippen LogP contribution in [0, 0.1) is 11.8 Å². The average Bonchev–Trinajstić information content (AvgIpc) is 2.87. The Kier molecular flexibility index (Phi) is 5.40. The summed E-state index contributed by atoms with van der Waals surface area (Å²) in [6, 6.07) is 0.644. The first kappa shape index (κ1) is 15.3. The lowest BCUT2D eigenvalue weighted by atomic mass is 9.87. The number of nitrogens with zero attached hydrogens (tertiary/aromatic N) is 3. The minimum Gasteiger partial charge on any atom is -0.408 e. The number of rotatable bonds is 6. The normalized spacial score (nSPS) is 18.8. The fraction of sp³-hybridized carbons (Fsp3) is 0.867. The molecule has 0 amide bonds. The highest BCUT2D eigenvalue weighted by Crippen LogP contribution is 2.27. The minimum absolute atomic E-state index is 0.171. The molecule has 0 aliphatic carbocycles. The Hall–Kier alpha value is -1.10. The molecular weight excluding hydrogens is 254 g/mol. The maximum atomic E-state index is 10.2. The summed E-state index contributed by atoms with van der Waals surface area (Å²) >= 11 is 0. The van der Waals surface area contributed by atoms with E-state index in [9.17, 15) is 5.11 Å². The van der Waals surface area contributed by atoms with Gasteiger partial charge >= 0.3 is 6.01 Å². The van der Waals surface area contributed by atoms with E-state index in [1.807, 2.05) is 0 Å². The Labute approximate surface area is 121 Å². The van der Waals surface area contributed by atoms with Crippen LogP contribution in [0.25, 0.3) is 0 Å². The number of aliphatic hydroxyl groups excluding tert-OH is 1. The maximum absolute atomic E-state index is 10.2. The lowest BCUT2D eigenvalue weighted by Crippen LogP contribution is -2.38. The fourth-order valence-electron chi connectivity index (χ4n) is 2.84. The molecule has 5 heteroatoms. The molecule has 1 fully saturated rings. The van der Waals surface area contributed by atoms with Crippen molar-refractivity contribution < 1.29 is 9.52 Å². The van der Waals surface area contributed by atoms with Gasteiger partial charge in [0.15, 0.2) is 0 Å². The molecule has 0 radical (unpaired) electrons. The van der Waals surface area contributed by atoms with Crippen LogP contribution in [-0.2, 0) is 6.42 Å². The van der Waals surface area contributed by atoms with Gasteiger partial charge in [0.05, 0.1) is 6.10 Å². The summed E-state index contributed by atoms with van der Waals surface area (Å²) in [5.74, 6) is 1.69. The molecule has 0 saturated carbocycles. The van der Waals surface area contributed by atoms with E-state index in [0.717, 1.165) is 51.1 Å². The van der Waals surface area contributed by atoms with Crippen LogP contribution in [0.1, 0.15) is 52.3 Å². The zero-order valence-corrected chi connectivity index (χ0v) is 12.9. The van der Waals surface area contributed by atoms with Gasteiger partial charge in [-0.05, 0) is 37.5 Å². The van der Waals surface area contributed by atoms with Gasteiger partial charge in [-0.1, -0.05) is 25.9 Å². The third-order valence-electron chi connectivity index (χ3n) is 3.99. The van der Waals surface area contributed by atoms with Crippen molar-refractivity contribution in [3.63, 3.8) is 0 Å². The standard InChI is InChI=1S/C15H27N3O2/c1-4-5-14-16-17-15(20-14)18-8-6-12(7-9-18)13(19)10-11(2)3/h11-13,19H,4-10H2,1-3H3/t13-/m1/s1. The Morgan fingerprint density at radius 1 is 1.30 bits per heavy atom. The number of aliphatic hydroxyl groups is 1. The van der Waals surface area contributed by atoms with Gasteiger partial charge in [-0.2, -0.15) is 0 Å². The van der Waals surface area contributed by atoms with Gasteiger partial charge in [-0.25, -0.2) is 0 Å². The maximum Gasteiger partial charge on any atom is 0.318 e. The molecule has 2 heterocycles. The molecule has 1 aromatic heterocycles. The molecule has 20 heavy (non-hydrogen) atoms. The predicted octanol–water partition coefficient (Wildman–Crippen LogP) is 2.65. The van der Waals surface area contributed by atoms with E-state index in [1.54, 1.807) is 0 Å². The van der Waals surface area contributed by atoms with Gasteiger partial charge < -0.3 is 14.4 Å². The second-order valence-corrected chi connectivity index (χ2v) is 6.25. The molecule has 114 valence electrons. The summed E-state index contributed by atoms with van der Waals surface area (Å²) in [7, 11) is 0. The summed E-state index contributed by atoms with van der Waals surface area (Å²) in [5, 5.41) is 18.4. The van der Waals surface area contributed by atoms with Crippen LogP contribution in [-0.4, -0.2) is 34.5 Å². The summed E-state index contributed by atoms with van der Waals surface area (Å²) in [6.45, 7) is 8.21. The van der Waals surface area contributed by atoms with Crippen LogP contribution in [0.5, 0.6) is 0 Å². The monoisotopic (exact) mass is 281 g/mol. The largest absolute Gasteiger partial charge is 0.408 e. The predicted molar refractivity (Wildman–Crippen MR) is 78.7 cm³/mol. The first-order valence-corrected chi connectivity index (χ1v) is 7.85. The number of hydrogen-bond donors (Lipinski definition) is 1. The lowest BCUT2D eigenvalue weighted by Gasteiger charge is -2.33. The van der Waals surface area contributed by atoms with Crippen LogP contribution in [0.15, 0.2) is 4.42 Å². The molecule has 1 aliphatic rings. The lowest BCUT2D eigenvalue weighted by molar-refractivity contribution is 0.0729. The van der Waals surface area contributed by atoms with Crippen LogP contribution in [0.2, 0.25) is 0 Å². The second kappa shape index (κ2) is 7.07. The van der Waals surface area contributed by atoms with E-state index in [2.05, 4.69) is 35.9 Å². The molecule has 1 N–H and O–H groups in total. The van der Waals surface area contributed by atoms with Crippen molar-refractivity contribution in [1.82, 2.24) is 10.2 Å². The summed E-state index contributed by atoms with van der Waals surface area (Å²) in [5.41, 5.74) is 0. The van der Waals surface area contributed by atoms with E-state index >= 15 is 0 Å². The van der Waals surface area contributed by atoms with Crippen molar-refractivity contribution in [3.8, 4) is 0 Å². The topological polar surface area (TPSA) is 62.4 Å². The second-order valence-electron chi connectivity index (χ2n) is 6.25. The van der Waals surface area contributed by atoms with E-state index in [0.29, 0.717) is 17.9 Å². The van der Waals surface area contributed by atoms with Crippen LogP contribution in [0.4, 0.5) is 6.01 Å². The van der Waals surface area contributed by atoms with Crippen molar-refractivity contribution in [3.05, 3.63) is 5.89 Å². The van der Waals surface area contributed by atoms with Gasteiger partial charge in [0.2, 0.25) is 5.89 Å². The summed E-state index contributed by atoms with van der Waals surface area (Å²) in [4.78, 5) is 2.14. The molecule has 0 unspecified atom stereocenters. The Bertz CT molecular complexity index is 398. The Balaban J connectivity index is 1.84. The quantitative estimate of drug-likeness (QED) is 0.868. The first-order chi connectivity index (χ1) is 9.60. The van der Waals surface area contributed by atoms with Gasteiger partial charge in [0, 0.05) is 19.5 Å². The molecular formula is C15H27N3O2. The van der Waals surface area contributed by atoms with E-state index in [1.165, 1.54) is 0 Å². The SMILES string of the molecule is CCCc1nnc(N2CCC([C@H](O)CC(C)C)CC2)o1. The van der Waals surface area contributed by atoms with Gasteiger partial charge in [0.25, 0.3) is 0 Å². The third-order valence-corrected chi connectivity index (χ3v) is 3.99. The molecule has 1 atom stereocenters. The van der Waals surface area contributed by atoms with Crippen molar-refractivity contribution in [1.29, 1.82) is 0 Å². The summed E-state index contributed by atoms with van der Waals surface area (Å²) in [6.07, 6.45) is 4.59. The van der Waals surface area contributed by atoms with Crippen LogP contribution in [0.3, 0.4) is 0 Å². The van der Waals surface area contributed by atoms with Crippen molar-refractivity contribution in [2.24, 2.45) is 11.8 Å². The molecule has 1 saturated heterocycles. The third kappa shape index (κ3) is 3.95. The number of aryl methyl sites for hydroxylation is 1. The minimum atomic E-state index is -0.171. The van der Waals surface area contributed by atoms with E-state index in [4.69, 9.17) is 4.42 Å². The van der Waals surface area contributed by atoms with Gasteiger partial charge in [0.1, 0.15) is 0 Å². The smallest absolute Gasteiger partial charge is 0.318 e. The van der Waals surface area contributed by atoms with Gasteiger partial charge in [-0.15, -0.1) is 5.10 Å². The molecule has 0 spiro atoms. The Morgan fingerprint density at radius 2 is 2.00 bits per heavy atom. The van der Waals surface area contributed by atoms with Crippen LogP contribution >= 0.6 is 0 Å². The zero-order chi connectivity index (χ0) is 14.5. The number of anilines is 1. The van der Waals surface area contributed by atoms with Crippen molar-refractivity contribution in [2.45, 2.75) is 59.0 Å². The van der Waals surface area contributed by atoms with Crippen molar-refractivity contribution >= 4 is 6.01 Å². The molecule has 1 aliphatic heterocycles. The number of hydrogen-bond acceptors (Lipinski definition) is 5. The highest BCUT2D eigenvalue weighted by atomic mass is 16.4. The first-order valence-electron chi connectivity index (χ1n) is 7.85. The Morgan fingerprint density at radius 3 is 2.60 bits per heavy atom. The summed E-state index contributed by atoms with van der Waals surface area (Å²) < 4.78 is 5.67. The zero-order valence-electron chi connectivity index (χ0n) is 12.9. The van der Waals surface area contributed by atoms with E-state index < -0.39 is 0 Å². The molecule has 5 nitrogen and oxygen atoms in total.